The van der Waals surface area contributed by atoms with Crippen LogP contribution in [0.5, 0.6) is 0 Å². The first-order valence-corrected chi connectivity index (χ1v) is 5.81. The molecule has 0 aromatic rings. The standard InChI is InChI=1S/C8H11Cl3F3NO.ClH/c1-3-6(2)7(11,4(9)10)16-5(15-6)8(12,13)14;/h4-5,15H,3H2,1-2H3;1H. The quantitative estimate of drug-likeness (QED) is 0.774. The van der Waals surface area contributed by atoms with E-state index in [1.54, 1.807) is 6.92 Å². The van der Waals surface area contributed by atoms with Gasteiger partial charge in [0.05, 0.1) is 5.54 Å². The molecule has 1 fully saturated rings. The molecule has 1 heterocycles. The summed E-state index contributed by atoms with van der Waals surface area (Å²) in [6.45, 7) is 3.16. The molecule has 0 amide bonds. The van der Waals surface area contributed by atoms with E-state index in [0.717, 1.165) is 0 Å². The summed E-state index contributed by atoms with van der Waals surface area (Å²) in [5.74, 6) is 0. The zero-order valence-electron chi connectivity index (χ0n) is 8.95. The Hall–Kier alpha value is 0.870. The van der Waals surface area contributed by atoms with E-state index < -0.39 is 27.8 Å². The highest BCUT2D eigenvalue weighted by atomic mass is 35.5. The predicted octanol–water partition coefficient (Wildman–Crippen LogP) is 3.82. The average molecular weight is 337 g/mol. The molecular formula is C8H12Cl4F3NO. The highest BCUT2D eigenvalue weighted by Crippen LogP contribution is 2.48. The zero-order valence-corrected chi connectivity index (χ0v) is 12.0. The molecule has 0 aromatic carbocycles. The van der Waals surface area contributed by atoms with Crippen LogP contribution in [0.25, 0.3) is 0 Å². The van der Waals surface area contributed by atoms with Gasteiger partial charge in [-0.25, -0.2) is 0 Å². The normalized spacial score (nSPS) is 38.3. The molecule has 0 aliphatic carbocycles. The molecule has 9 heteroatoms. The number of halogens is 7. The molecule has 0 aromatic heterocycles. The molecule has 1 aliphatic heterocycles. The van der Waals surface area contributed by atoms with Crippen molar-refractivity contribution in [3.63, 3.8) is 0 Å². The van der Waals surface area contributed by atoms with E-state index in [0.29, 0.717) is 6.42 Å². The van der Waals surface area contributed by atoms with Crippen LogP contribution < -0.4 is 5.32 Å². The average Bonchev–Trinajstić information content (AvgIpc) is 2.41. The van der Waals surface area contributed by atoms with E-state index in [-0.39, 0.29) is 12.4 Å². The van der Waals surface area contributed by atoms with Crippen LogP contribution in [0.4, 0.5) is 13.2 Å². The number of rotatable bonds is 2. The topological polar surface area (TPSA) is 21.3 Å². The molecule has 1 N–H and O–H groups in total. The Morgan fingerprint density at radius 1 is 1.41 bits per heavy atom. The Morgan fingerprint density at radius 2 is 1.88 bits per heavy atom. The van der Waals surface area contributed by atoms with Crippen molar-refractivity contribution in [2.24, 2.45) is 0 Å². The molecule has 0 bridgehead atoms. The summed E-state index contributed by atoms with van der Waals surface area (Å²) in [5, 5.41) is 0.480. The van der Waals surface area contributed by atoms with Gasteiger partial charge in [0.2, 0.25) is 6.23 Å². The predicted molar refractivity (Wildman–Crippen MR) is 64.1 cm³/mol. The number of ether oxygens (including phenoxy) is 1. The fourth-order valence-corrected chi connectivity index (χ4v) is 2.36. The minimum Gasteiger partial charge on any atom is -0.327 e. The van der Waals surface area contributed by atoms with Crippen LogP contribution in [0.15, 0.2) is 0 Å². The second-order valence-electron chi connectivity index (χ2n) is 3.82. The van der Waals surface area contributed by atoms with Gasteiger partial charge in [0.1, 0.15) is 0 Å². The van der Waals surface area contributed by atoms with Gasteiger partial charge in [0.15, 0.2) is 9.90 Å². The molecule has 104 valence electrons. The van der Waals surface area contributed by atoms with Gasteiger partial charge < -0.3 is 4.74 Å². The van der Waals surface area contributed by atoms with Crippen molar-refractivity contribution in [1.82, 2.24) is 5.32 Å². The van der Waals surface area contributed by atoms with Gasteiger partial charge in [-0.3, -0.25) is 5.32 Å². The minimum absolute atomic E-state index is 0. The highest BCUT2D eigenvalue weighted by molar-refractivity contribution is 6.49. The van der Waals surface area contributed by atoms with E-state index in [1.165, 1.54) is 6.92 Å². The molecule has 17 heavy (non-hydrogen) atoms. The van der Waals surface area contributed by atoms with Crippen LogP contribution in [0.3, 0.4) is 0 Å². The first kappa shape index (κ1) is 17.9. The van der Waals surface area contributed by atoms with Gasteiger partial charge in [-0.05, 0) is 13.3 Å². The minimum atomic E-state index is -4.56. The lowest BCUT2D eigenvalue weighted by Gasteiger charge is -2.36. The van der Waals surface area contributed by atoms with Crippen LogP contribution in [0, 0.1) is 0 Å². The summed E-state index contributed by atoms with van der Waals surface area (Å²) in [4.78, 5) is -1.28. The van der Waals surface area contributed by atoms with Crippen LogP contribution in [0.2, 0.25) is 0 Å². The van der Waals surface area contributed by atoms with Gasteiger partial charge >= 0.3 is 6.18 Å². The van der Waals surface area contributed by atoms with Crippen molar-refractivity contribution in [2.75, 3.05) is 0 Å². The molecule has 2 nitrogen and oxygen atoms in total. The molecule has 3 unspecified atom stereocenters. The molecule has 1 rings (SSSR count). The van der Waals surface area contributed by atoms with Crippen molar-refractivity contribution in [1.29, 1.82) is 0 Å². The molecular weight excluding hydrogens is 325 g/mol. The summed E-state index contributed by atoms with van der Waals surface area (Å²) < 4.78 is 42.3. The van der Waals surface area contributed by atoms with E-state index >= 15 is 0 Å². The van der Waals surface area contributed by atoms with Crippen molar-refractivity contribution in [2.45, 2.75) is 48.1 Å². The Balaban J connectivity index is 0.00000256. The summed E-state index contributed by atoms with van der Waals surface area (Å²) in [7, 11) is 0. The fraction of sp³-hybridized carbons (Fsp3) is 1.00. The maximum Gasteiger partial charge on any atom is 0.428 e. The molecule has 3 atom stereocenters. The van der Waals surface area contributed by atoms with Crippen LogP contribution >= 0.6 is 47.2 Å². The third-order valence-electron chi connectivity index (χ3n) is 2.78. The van der Waals surface area contributed by atoms with Crippen LogP contribution in [0.1, 0.15) is 20.3 Å². The molecule has 0 spiro atoms. The Kier molecular flexibility index (Phi) is 5.75. The van der Waals surface area contributed by atoms with Gasteiger partial charge in [0.25, 0.3) is 0 Å². The van der Waals surface area contributed by atoms with Gasteiger partial charge in [0, 0.05) is 0 Å². The van der Waals surface area contributed by atoms with Gasteiger partial charge in [-0.2, -0.15) is 13.2 Å². The van der Waals surface area contributed by atoms with Crippen LogP contribution in [-0.2, 0) is 4.74 Å². The smallest absolute Gasteiger partial charge is 0.327 e. The Labute approximate surface area is 119 Å². The third kappa shape index (κ3) is 3.07. The monoisotopic (exact) mass is 335 g/mol. The lowest BCUT2D eigenvalue weighted by molar-refractivity contribution is -0.223. The molecule has 0 saturated carbocycles. The highest BCUT2D eigenvalue weighted by Gasteiger charge is 2.64. The second-order valence-corrected chi connectivity index (χ2v) is 5.47. The summed E-state index contributed by atoms with van der Waals surface area (Å²) >= 11 is 17.2. The van der Waals surface area contributed by atoms with Crippen LogP contribution in [-0.4, -0.2) is 27.8 Å². The van der Waals surface area contributed by atoms with Gasteiger partial charge in [-0.1, -0.05) is 18.5 Å². The van der Waals surface area contributed by atoms with E-state index in [1.807, 2.05) is 0 Å². The number of nitrogens with one attached hydrogen (secondary N) is 1. The van der Waals surface area contributed by atoms with Crippen molar-refractivity contribution in [3.05, 3.63) is 0 Å². The largest absolute Gasteiger partial charge is 0.428 e. The van der Waals surface area contributed by atoms with E-state index in [2.05, 4.69) is 5.32 Å². The number of alkyl halides is 6. The first-order valence-electron chi connectivity index (χ1n) is 4.56. The summed E-state index contributed by atoms with van der Waals surface area (Å²) in [6.07, 6.45) is -6.43. The number of hydrogen-bond acceptors (Lipinski definition) is 2. The SMILES string of the molecule is CCC1(C)NC(C(F)(F)F)OC1(Cl)C(Cl)Cl.Cl. The Morgan fingerprint density at radius 3 is 2.12 bits per heavy atom. The van der Waals surface area contributed by atoms with Crippen molar-refractivity contribution >= 4 is 47.2 Å². The lowest BCUT2D eigenvalue weighted by atomic mass is 9.93. The fourth-order valence-electron chi connectivity index (χ4n) is 1.50. The molecule has 1 saturated heterocycles. The summed E-state index contributed by atoms with van der Waals surface area (Å²) in [6, 6.07) is 0. The van der Waals surface area contributed by atoms with Gasteiger partial charge in [-0.15, -0.1) is 35.6 Å². The molecule has 0 radical (unpaired) electrons. The summed E-state index contributed by atoms with van der Waals surface area (Å²) in [5.41, 5.74) is -1.15. The maximum absolute atomic E-state index is 12.5. The van der Waals surface area contributed by atoms with E-state index in [4.69, 9.17) is 39.5 Å². The second kappa shape index (κ2) is 5.47. The third-order valence-corrected chi connectivity index (χ3v) is 4.34. The maximum atomic E-state index is 12.5. The Bertz CT molecular complexity index is 278. The zero-order chi connectivity index (χ0) is 12.8. The van der Waals surface area contributed by atoms with Crippen molar-refractivity contribution in [3.8, 4) is 0 Å². The lowest BCUT2D eigenvalue weighted by Crippen LogP contribution is -2.55. The number of hydrogen-bond donors (Lipinski definition) is 1. The van der Waals surface area contributed by atoms with E-state index in [9.17, 15) is 13.2 Å². The first-order chi connectivity index (χ1) is 7.07. The van der Waals surface area contributed by atoms with Crippen molar-refractivity contribution < 1.29 is 17.9 Å². The molecule has 1 aliphatic rings.